The lowest BCUT2D eigenvalue weighted by molar-refractivity contribution is -0.148. The Morgan fingerprint density at radius 1 is 0.607 bits per heavy atom. The smallest absolute Gasteiger partial charge is 0.408 e. The number of amides is 6. The predicted octanol–water partition coefficient (Wildman–Crippen LogP) is 1.98. The van der Waals surface area contributed by atoms with Crippen molar-refractivity contribution in [2.24, 2.45) is 5.92 Å². The Balaban J connectivity index is 1.75. The van der Waals surface area contributed by atoms with E-state index in [0.29, 0.717) is 10.6 Å². The van der Waals surface area contributed by atoms with Gasteiger partial charge >= 0.3 is 24.0 Å². The Labute approximate surface area is 350 Å². The van der Waals surface area contributed by atoms with Crippen molar-refractivity contribution in [3.63, 3.8) is 0 Å². The predicted molar refractivity (Wildman–Crippen MR) is 215 cm³/mol. The molecule has 0 aliphatic heterocycles. The molecule has 0 radical (unpaired) electrons. The first-order valence-electron chi connectivity index (χ1n) is 18.9. The van der Waals surface area contributed by atoms with Crippen molar-refractivity contribution >= 4 is 53.5 Å². The summed E-state index contributed by atoms with van der Waals surface area (Å²) in [5, 5.41) is 35.4. The van der Waals surface area contributed by atoms with Crippen molar-refractivity contribution in [2.45, 2.75) is 70.9 Å². The number of alkyl carbamates (subject to hydrolysis) is 1. The third kappa shape index (κ3) is 17.4. The fraction of sp³-hybridized carbons (Fsp3) is 0.310. The fourth-order valence-corrected chi connectivity index (χ4v) is 5.56. The summed E-state index contributed by atoms with van der Waals surface area (Å²) < 4.78 is 5.07. The normalized spacial score (nSPS) is 12.2. The van der Waals surface area contributed by atoms with E-state index < -0.39 is 103 Å². The maximum atomic E-state index is 13.6. The van der Waals surface area contributed by atoms with Crippen LogP contribution in [-0.2, 0) is 62.8 Å². The van der Waals surface area contributed by atoms with Gasteiger partial charge in [-0.25, -0.2) is 9.80 Å². The number of nitrogens with zero attached hydrogens (tertiary/aromatic N) is 2. The van der Waals surface area contributed by atoms with E-state index in [1.54, 1.807) is 54.6 Å². The van der Waals surface area contributed by atoms with Gasteiger partial charge in [-0.15, -0.1) is 0 Å². The number of hydrazine groups is 1. The molecule has 6 amide bonds. The molecule has 0 saturated heterocycles. The molecule has 7 N–H and O–H groups in total. The van der Waals surface area contributed by atoms with Crippen LogP contribution in [0.25, 0.3) is 0 Å². The van der Waals surface area contributed by atoms with Gasteiger partial charge in [0.25, 0.3) is 11.8 Å². The molecular formula is C42H48N6O13. The van der Waals surface area contributed by atoms with Crippen molar-refractivity contribution in [3.05, 3.63) is 120 Å². The van der Waals surface area contributed by atoms with Gasteiger partial charge in [-0.05, 0) is 29.0 Å². The first-order chi connectivity index (χ1) is 29.0. The molecule has 19 heteroatoms. The summed E-state index contributed by atoms with van der Waals surface area (Å²) in [6, 6.07) is 21.5. The number of rotatable bonds is 22. The van der Waals surface area contributed by atoms with Crippen LogP contribution in [0.4, 0.5) is 4.79 Å². The lowest BCUT2D eigenvalue weighted by Crippen LogP contribution is -2.60. The zero-order valence-corrected chi connectivity index (χ0v) is 33.4. The van der Waals surface area contributed by atoms with Crippen molar-refractivity contribution in [1.82, 2.24) is 31.3 Å². The zero-order chi connectivity index (χ0) is 44.9. The van der Waals surface area contributed by atoms with Gasteiger partial charge in [-0.3, -0.25) is 43.8 Å². The minimum absolute atomic E-state index is 0.171. The second-order valence-corrected chi connectivity index (χ2v) is 13.9. The molecule has 3 aromatic rings. The van der Waals surface area contributed by atoms with E-state index in [0.717, 1.165) is 23.3 Å². The molecule has 0 aliphatic carbocycles. The molecule has 0 unspecified atom stereocenters. The van der Waals surface area contributed by atoms with Gasteiger partial charge in [-0.2, -0.15) is 0 Å². The van der Waals surface area contributed by atoms with Gasteiger partial charge in [-0.1, -0.05) is 105 Å². The van der Waals surface area contributed by atoms with Crippen LogP contribution in [0.15, 0.2) is 103 Å². The van der Waals surface area contributed by atoms with Crippen LogP contribution < -0.4 is 21.4 Å². The number of carbonyl (C=O) groups is 9. The van der Waals surface area contributed by atoms with Crippen LogP contribution in [0.1, 0.15) is 49.8 Å². The molecule has 0 aromatic heterocycles. The zero-order valence-electron chi connectivity index (χ0n) is 33.4. The lowest BCUT2D eigenvalue weighted by Gasteiger charge is -2.28. The summed E-state index contributed by atoms with van der Waals surface area (Å²) in [4.78, 5) is 116. The van der Waals surface area contributed by atoms with Crippen LogP contribution in [0, 0.1) is 5.92 Å². The van der Waals surface area contributed by atoms with Crippen molar-refractivity contribution in [2.75, 3.05) is 6.54 Å². The lowest BCUT2D eigenvalue weighted by atomic mass is 10.0. The summed E-state index contributed by atoms with van der Waals surface area (Å²) in [6.07, 6.45) is -1.62. The Kier molecular flexibility index (Phi) is 19.1. The third-order valence-electron chi connectivity index (χ3n) is 8.64. The van der Waals surface area contributed by atoms with E-state index >= 15 is 0 Å². The molecule has 324 valence electrons. The van der Waals surface area contributed by atoms with E-state index in [-0.39, 0.29) is 19.7 Å². The first kappa shape index (κ1) is 47.8. The number of aliphatic carboxylic acids is 3. The van der Waals surface area contributed by atoms with E-state index in [1.165, 1.54) is 18.7 Å². The Morgan fingerprint density at radius 3 is 1.61 bits per heavy atom. The molecule has 19 nitrogen and oxygen atoms in total. The molecule has 0 heterocycles. The number of nitrogens with one attached hydrogen (secondary N) is 4. The summed E-state index contributed by atoms with van der Waals surface area (Å²) in [5.74, 6) is -10.3. The molecular weight excluding hydrogens is 796 g/mol. The molecule has 61 heavy (non-hydrogen) atoms. The SMILES string of the molecule is CC(C)[C@H](NC(=O)[C@H](CCC(=O)O)NC(=O)[C@H](CC(=O)O)NC(=O)OCc1ccccc1)C(=O)NN(CC(=O)O)C(=O)/C=C/C(=O)N(Cc1ccccc1)Cc1ccccc1. The van der Waals surface area contributed by atoms with E-state index in [4.69, 9.17) is 4.74 Å². The molecule has 0 bridgehead atoms. The van der Waals surface area contributed by atoms with Crippen LogP contribution in [0.3, 0.4) is 0 Å². The standard InChI is InChI=1S/C42H48N6O13/c1-27(2)38(45-39(57)31(18-21-35(51)52)43-40(58)32(22-36(53)54)44-42(60)61-26-30-16-10-5-11-17-30)41(59)46-48(25-37(55)56)34(50)20-19-33(49)47(23-28-12-6-3-7-13-28)24-29-14-8-4-9-15-29/h3-17,19-20,27,31-32,38H,18,21-26H2,1-2H3,(H,43,58)(H,44,60)(H,45,57)(H,46,59)(H,51,52)(H,53,54)(H,55,56)/b20-19+/t31-,32-,38-/m0/s1. The Morgan fingerprint density at radius 2 is 1.11 bits per heavy atom. The summed E-state index contributed by atoms with van der Waals surface area (Å²) in [6.45, 7) is 2.03. The van der Waals surface area contributed by atoms with Gasteiger partial charge in [0.1, 0.15) is 31.3 Å². The van der Waals surface area contributed by atoms with Gasteiger partial charge in [0.2, 0.25) is 17.7 Å². The quantitative estimate of drug-likeness (QED) is 0.0564. The molecule has 0 fully saturated rings. The Hall–Kier alpha value is -7.57. The molecule has 3 atom stereocenters. The third-order valence-corrected chi connectivity index (χ3v) is 8.64. The molecule has 0 aliphatic rings. The number of ether oxygens (including phenoxy) is 1. The largest absolute Gasteiger partial charge is 0.481 e. The second kappa shape index (κ2) is 24.4. The van der Waals surface area contributed by atoms with Gasteiger partial charge < -0.3 is 40.9 Å². The number of hydrogen-bond acceptors (Lipinski definition) is 10. The molecule has 3 rings (SSSR count). The number of carboxylic acid groups (broad SMARTS) is 3. The van der Waals surface area contributed by atoms with Crippen molar-refractivity contribution in [1.29, 1.82) is 0 Å². The molecule has 0 saturated carbocycles. The number of carboxylic acids is 3. The second-order valence-electron chi connectivity index (χ2n) is 13.9. The number of carbonyl (C=O) groups excluding carboxylic acids is 6. The fourth-order valence-electron chi connectivity index (χ4n) is 5.56. The highest BCUT2D eigenvalue weighted by Crippen LogP contribution is 2.12. The highest BCUT2D eigenvalue weighted by Gasteiger charge is 2.33. The monoisotopic (exact) mass is 844 g/mol. The van der Waals surface area contributed by atoms with Crippen LogP contribution in [0.5, 0.6) is 0 Å². The Bertz CT molecular complexity index is 1990. The number of hydrogen-bond donors (Lipinski definition) is 7. The van der Waals surface area contributed by atoms with Gasteiger partial charge in [0.05, 0.1) is 6.42 Å². The molecule has 3 aromatic carbocycles. The minimum Gasteiger partial charge on any atom is -0.481 e. The summed E-state index contributed by atoms with van der Waals surface area (Å²) in [7, 11) is 0. The van der Waals surface area contributed by atoms with Crippen LogP contribution in [-0.4, -0.2) is 103 Å². The average Bonchev–Trinajstić information content (AvgIpc) is 3.22. The van der Waals surface area contributed by atoms with E-state index in [1.807, 2.05) is 36.4 Å². The first-order valence-corrected chi connectivity index (χ1v) is 18.9. The summed E-state index contributed by atoms with van der Waals surface area (Å²) in [5.41, 5.74) is 4.34. The van der Waals surface area contributed by atoms with Gasteiger partial charge in [0.15, 0.2) is 0 Å². The van der Waals surface area contributed by atoms with Crippen LogP contribution in [0.2, 0.25) is 0 Å². The number of benzene rings is 3. The summed E-state index contributed by atoms with van der Waals surface area (Å²) >= 11 is 0. The van der Waals surface area contributed by atoms with Crippen LogP contribution >= 0.6 is 0 Å². The van der Waals surface area contributed by atoms with Crippen molar-refractivity contribution < 1.29 is 63.2 Å². The highest BCUT2D eigenvalue weighted by atomic mass is 16.5. The minimum atomic E-state index is -1.79. The van der Waals surface area contributed by atoms with E-state index in [9.17, 15) is 58.5 Å². The maximum Gasteiger partial charge on any atom is 0.408 e. The topological polar surface area (TPSA) is 278 Å². The van der Waals surface area contributed by atoms with E-state index in [2.05, 4.69) is 21.4 Å². The highest BCUT2D eigenvalue weighted by molar-refractivity contribution is 5.99. The maximum absolute atomic E-state index is 13.6. The molecule has 0 spiro atoms. The van der Waals surface area contributed by atoms with Crippen molar-refractivity contribution in [3.8, 4) is 0 Å². The van der Waals surface area contributed by atoms with Gasteiger partial charge in [0, 0.05) is 31.7 Å². The average molecular weight is 845 g/mol.